The zero-order valence-electron chi connectivity index (χ0n) is 20.1. The standard InChI is InChI=1S/C26H34N2O3S/c1-19(2)21-8-10-22(11-9-21)26(29,25(5)17-28(6)18-25)23-14-20(15-27-16-23)12-13-24(3,4)32(7,30)31/h8-11,14-16,19,29H,17-18H2,1-7H3. The van der Waals surface area contributed by atoms with E-state index >= 15 is 0 Å². The molecule has 1 unspecified atom stereocenters. The van der Waals surface area contributed by atoms with Crippen LogP contribution in [0.1, 0.15) is 62.8 Å². The van der Waals surface area contributed by atoms with Crippen LogP contribution in [0, 0.1) is 17.3 Å². The van der Waals surface area contributed by atoms with Gasteiger partial charge in [-0.25, -0.2) is 8.42 Å². The van der Waals surface area contributed by atoms with E-state index in [0.717, 1.165) is 18.7 Å². The second kappa shape index (κ2) is 8.30. The maximum absolute atomic E-state index is 12.3. The van der Waals surface area contributed by atoms with Crippen LogP contribution in [0.25, 0.3) is 0 Å². The van der Waals surface area contributed by atoms with Crippen molar-refractivity contribution in [1.29, 1.82) is 0 Å². The van der Waals surface area contributed by atoms with Gasteiger partial charge in [-0.05, 0) is 44.0 Å². The number of sulfone groups is 1. The summed E-state index contributed by atoms with van der Waals surface area (Å²) in [7, 11) is -1.30. The molecule has 0 spiro atoms. The predicted molar refractivity (Wildman–Crippen MR) is 129 cm³/mol. The molecular formula is C26H34N2O3S. The third-order valence-electron chi connectivity index (χ3n) is 6.70. The van der Waals surface area contributed by atoms with E-state index in [2.05, 4.69) is 54.6 Å². The van der Waals surface area contributed by atoms with Gasteiger partial charge >= 0.3 is 0 Å². The molecule has 1 aliphatic rings. The second-order valence-electron chi connectivity index (χ2n) is 10.2. The van der Waals surface area contributed by atoms with Gasteiger partial charge in [0.15, 0.2) is 9.84 Å². The average Bonchev–Trinajstić information content (AvgIpc) is 2.70. The summed E-state index contributed by atoms with van der Waals surface area (Å²) in [6.07, 6.45) is 4.48. The zero-order chi connectivity index (χ0) is 23.9. The molecule has 1 aliphatic heterocycles. The molecule has 3 rings (SSSR count). The minimum atomic E-state index is -3.34. The molecule has 172 valence electrons. The summed E-state index contributed by atoms with van der Waals surface area (Å²) >= 11 is 0. The molecule has 0 aliphatic carbocycles. The summed E-state index contributed by atoms with van der Waals surface area (Å²) in [5.74, 6) is 6.23. The first kappa shape index (κ1) is 24.4. The minimum Gasteiger partial charge on any atom is -0.380 e. The lowest BCUT2D eigenvalue weighted by Gasteiger charge is -2.55. The third-order valence-corrected chi connectivity index (χ3v) is 8.65. The van der Waals surface area contributed by atoms with E-state index in [1.54, 1.807) is 26.2 Å². The van der Waals surface area contributed by atoms with Crippen molar-refractivity contribution in [2.24, 2.45) is 5.41 Å². The number of hydrogen-bond donors (Lipinski definition) is 1. The Bertz CT molecular complexity index is 1150. The van der Waals surface area contributed by atoms with Crippen LogP contribution in [0.3, 0.4) is 0 Å². The molecule has 1 fully saturated rings. The maximum atomic E-state index is 12.3. The van der Waals surface area contributed by atoms with E-state index in [-0.39, 0.29) is 0 Å². The largest absolute Gasteiger partial charge is 0.380 e. The van der Waals surface area contributed by atoms with Crippen LogP contribution in [0.5, 0.6) is 0 Å². The van der Waals surface area contributed by atoms with E-state index in [9.17, 15) is 13.5 Å². The Morgan fingerprint density at radius 2 is 1.72 bits per heavy atom. The van der Waals surface area contributed by atoms with Gasteiger partial charge in [0.1, 0.15) is 10.3 Å². The van der Waals surface area contributed by atoms with Crippen molar-refractivity contribution < 1.29 is 13.5 Å². The maximum Gasteiger partial charge on any atom is 0.163 e. The van der Waals surface area contributed by atoms with Crippen molar-refractivity contribution in [2.75, 3.05) is 26.4 Å². The summed E-state index contributed by atoms with van der Waals surface area (Å²) in [4.78, 5) is 6.53. The minimum absolute atomic E-state index is 0.402. The molecule has 1 aromatic heterocycles. The van der Waals surface area contributed by atoms with Crippen molar-refractivity contribution in [1.82, 2.24) is 9.88 Å². The van der Waals surface area contributed by atoms with Crippen molar-refractivity contribution in [2.45, 2.75) is 50.9 Å². The fourth-order valence-corrected chi connectivity index (χ4v) is 4.60. The van der Waals surface area contributed by atoms with Gasteiger partial charge in [-0.15, -0.1) is 0 Å². The molecular weight excluding hydrogens is 420 g/mol. The van der Waals surface area contributed by atoms with Gasteiger partial charge in [-0.2, -0.15) is 0 Å². The van der Waals surface area contributed by atoms with E-state index in [4.69, 9.17) is 0 Å². The van der Waals surface area contributed by atoms with Crippen LogP contribution in [0.15, 0.2) is 42.7 Å². The molecule has 0 radical (unpaired) electrons. The number of likely N-dealkylation sites (tertiary alicyclic amines) is 1. The highest BCUT2D eigenvalue weighted by atomic mass is 32.2. The average molecular weight is 455 g/mol. The van der Waals surface area contributed by atoms with Gasteiger partial charge in [0, 0.05) is 48.3 Å². The van der Waals surface area contributed by atoms with Crippen LogP contribution >= 0.6 is 0 Å². The molecule has 0 bridgehead atoms. The van der Waals surface area contributed by atoms with Crippen LogP contribution in [-0.4, -0.2) is 54.5 Å². The molecule has 6 heteroatoms. The first-order valence-electron chi connectivity index (χ1n) is 10.9. The van der Waals surface area contributed by atoms with E-state index < -0.39 is 25.6 Å². The Balaban J connectivity index is 2.11. The Labute approximate surface area is 192 Å². The van der Waals surface area contributed by atoms with Crippen LogP contribution < -0.4 is 0 Å². The summed E-state index contributed by atoms with van der Waals surface area (Å²) in [6.45, 7) is 11.0. The highest BCUT2D eigenvalue weighted by molar-refractivity contribution is 7.92. The first-order chi connectivity index (χ1) is 14.7. The quantitative estimate of drug-likeness (QED) is 0.700. The lowest BCUT2D eigenvalue weighted by Crippen LogP contribution is -2.63. The van der Waals surface area contributed by atoms with Gasteiger partial charge in [-0.1, -0.05) is 56.9 Å². The monoisotopic (exact) mass is 454 g/mol. The molecule has 5 nitrogen and oxygen atoms in total. The number of hydrogen-bond acceptors (Lipinski definition) is 5. The summed E-state index contributed by atoms with van der Waals surface area (Å²) in [6, 6.07) is 9.98. The van der Waals surface area contributed by atoms with Crippen LogP contribution in [0.2, 0.25) is 0 Å². The molecule has 0 amide bonds. The Morgan fingerprint density at radius 3 is 2.22 bits per heavy atom. The third kappa shape index (κ3) is 4.34. The first-order valence-corrected chi connectivity index (χ1v) is 12.8. The summed E-state index contributed by atoms with van der Waals surface area (Å²) in [5, 5.41) is 12.3. The predicted octanol–water partition coefficient (Wildman–Crippen LogP) is 3.57. The fraction of sp³-hybridized carbons (Fsp3) is 0.500. The number of aliphatic hydroxyl groups is 1. The topological polar surface area (TPSA) is 70.5 Å². The Morgan fingerprint density at radius 1 is 1.12 bits per heavy atom. The van der Waals surface area contributed by atoms with Crippen LogP contribution in [-0.2, 0) is 15.4 Å². The van der Waals surface area contributed by atoms with E-state index in [0.29, 0.717) is 17.0 Å². The molecule has 2 aromatic rings. The SMILES string of the molecule is CC(C)c1ccc(C(O)(c2cncc(C#CC(C)(C)S(C)(=O)=O)c2)C2(C)CN(C)C2)cc1. The van der Waals surface area contributed by atoms with Gasteiger partial charge in [0.25, 0.3) is 0 Å². The summed E-state index contributed by atoms with van der Waals surface area (Å²) < 4.78 is 22.8. The van der Waals surface area contributed by atoms with Crippen LogP contribution in [0.4, 0.5) is 0 Å². The zero-order valence-corrected chi connectivity index (χ0v) is 20.9. The van der Waals surface area contributed by atoms with Crippen molar-refractivity contribution in [3.63, 3.8) is 0 Å². The highest BCUT2D eigenvalue weighted by Gasteiger charge is 2.55. The van der Waals surface area contributed by atoms with Crippen molar-refractivity contribution >= 4 is 9.84 Å². The normalized spacial score (nSPS) is 18.4. The Kier molecular flexibility index (Phi) is 6.34. The van der Waals surface area contributed by atoms with Crippen molar-refractivity contribution in [3.05, 3.63) is 65.0 Å². The lowest BCUT2D eigenvalue weighted by atomic mass is 9.62. The van der Waals surface area contributed by atoms with Crippen molar-refractivity contribution in [3.8, 4) is 11.8 Å². The fourth-order valence-electron chi connectivity index (χ4n) is 4.37. The molecule has 1 aromatic carbocycles. The number of rotatable bonds is 5. The number of aromatic nitrogens is 1. The number of benzene rings is 1. The highest BCUT2D eigenvalue weighted by Crippen LogP contribution is 2.50. The van der Waals surface area contributed by atoms with Gasteiger partial charge in [0.05, 0.1) is 0 Å². The van der Waals surface area contributed by atoms with E-state index in [1.165, 1.54) is 11.8 Å². The van der Waals surface area contributed by atoms with Gasteiger partial charge < -0.3 is 10.0 Å². The molecule has 1 N–H and O–H groups in total. The van der Waals surface area contributed by atoms with Gasteiger partial charge in [-0.3, -0.25) is 4.98 Å². The molecule has 1 saturated heterocycles. The number of nitrogens with zero attached hydrogens (tertiary/aromatic N) is 2. The lowest BCUT2D eigenvalue weighted by molar-refractivity contribution is -0.127. The molecule has 32 heavy (non-hydrogen) atoms. The second-order valence-corrected chi connectivity index (χ2v) is 12.8. The molecule has 0 saturated carbocycles. The number of pyridine rings is 1. The van der Waals surface area contributed by atoms with Gasteiger partial charge in [0.2, 0.25) is 0 Å². The smallest absolute Gasteiger partial charge is 0.163 e. The van der Waals surface area contributed by atoms with E-state index in [1.807, 2.05) is 25.2 Å². The Hall–Kier alpha value is -2.20. The summed E-state index contributed by atoms with van der Waals surface area (Å²) in [5.41, 5.74) is 1.61. The molecule has 2 heterocycles. The molecule has 1 atom stereocenters.